The number of imide groups is 1. The number of carbonyl (C=O) groups excluding carboxylic acids is 3. The summed E-state index contributed by atoms with van der Waals surface area (Å²) in [5.74, 6) is 0.856. The van der Waals surface area contributed by atoms with Gasteiger partial charge in [0.1, 0.15) is 11.8 Å². The van der Waals surface area contributed by atoms with Crippen LogP contribution in [0.2, 0.25) is 0 Å². The van der Waals surface area contributed by atoms with Gasteiger partial charge in [-0.1, -0.05) is 30.3 Å². The summed E-state index contributed by atoms with van der Waals surface area (Å²) >= 11 is 0. The first-order valence-electron chi connectivity index (χ1n) is 11.8. The van der Waals surface area contributed by atoms with Crippen LogP contribution in [0, 0.1) is 0 Å². The van der Waals surface area contributed by atoms with Crippen molar-refractivity contribution in [2.24, 2.45) is 0 Å². The Kier molecular flexibility index (Phi) is 7.92. The standard InChI is InChI=1S/C28H29N3O6/c1-35-22-11-7-10-21(17-22)31-27(33)23(18-26(32)29-20-8-5-4-6-9-20)30(28(31)34)15-14-19-12-13-24(36-2)25(16-19)37-3/h4-13,16-17,23H,14-15,18H2,1-3H3,(H,29,32). The lowest BCUT2D eigenvalue weighted by Crippen LogP contribution is -2.39. The second-order valence-corrected chi connectivity index (χ2v) is 8.42. The Morgan fingerprint density at radius 3 is 2.32 bits per heavy atom. The van der Waals surface area contributed by atoms with Crippen LogP contribution >= 0.6 is 0 Å². The molecule has 1 heterocycles. The number of hydrogen-bond acceptors (Lipinski definition) is 6. The van der Waals surface area contributed by atoms with E-state index < -0.39 is 18.0 Å². The number of amides is 4. The van der Waals surface area contributed by atoms with Crippen molar-refractivity contribution in [2.45, 2.75) is 18.9 Å². The fourth-order valence-electron chi connectivity index (χ4n) is 4.27. The maximum Gasteiger partial charge on any atom is 0.332 e. The fraction of sp³-hybridized carbons (Fsp3) is 0.250. The summed E-state index contributed by atoms with van der Waals surface area (Å²) in [6.45, 7) is 0.226. The van der Waals surface area contributed by atoms with Gasteiger partial charge in [-0.05, 0) is 48.4 Å². The topological polar surface area (TPSA) is 97.4 Å². The predicted octanol–water partition coefficient (Wildman–Crippen LogP) is 4.12. The number of benzene rings is 3. The Morgan fingerprint density at radius 2 is 1.62 bits per heavy atom. The molecule has 1 unspecified atom stereocenters. The average Bonchev–Trinajstić information content (AvgIpc) is 3.15. The quantitative estimate of drug-likeness (QED) is 0.418. The molecule has 1 fully saturated rings. The highest BCUT2D eigenvalue weighted by molar-refractivity contribution is 6.22. The van der Waals surface area contributed by atoms with E-state index in [0.29, 0.717) is 35.0 Å². The van der Waals surface area contributed by atoms with Crippen molar-refractivity contribution in [3.63, 3.8) is 0 Å². The third-order valence-corrected chi connectivity index (χ3v) is 6.16. The predicted molar refractivity (Wildman–Crippen MR) is 139 cm³/mol. The van der Waals surface area contributed by atoms with Crippen LogP contribution in [0.4, 0.5) is 16.2 Å². The zero-order valence-electron chi connectivity index (χ0n) is 21.0. The van der Waals surface area contributed by atoms with Crippen LogP contribution in [0.15, 0.2) is 72.8 Å². The molecule has 1 saturated heterocycles. The number of para-hydroxylation sites is 1. The molecule has 0 radical (unpaired) electrons. The Hall–Kier alpha value is -4.53. The lowest BCUT2D eigenvalue weighted by molar-refractivity contribution is -0.124. The molecule has 192 valence electrons. The van der Waals surface area contributed by atoms with Crippen LogP contribution < -0.4 is 24.4 Å². The van der Waals surface area contributed by atoms with E-state index in [9.17, 15) is 14.4 Å². The van der Waals surface area contributed by atoms with Crippen LogP contribution in [-0.4, -0.2) is 56.7 Å². The Morgan fingerprint density at radius 1 is 0.865 bits per heavy atom. The van der Waals surface area contributed by atoms with E-state index in [1.165, 1.54) is 12.0 Å². The molecule has 0 aliphatic carbocycles. The van der Waals surface area contributed by atoms with E-state index >= 15 is 0 Å². The highest BCUT2D eigenvalue weighted by Gasteiger charge is 2.46. The van der Waals surface area contributed by atoms with Crippen molar-refractivity contribution in [3.8, 4) is 17.2 Å². The molecule has 1 aliphatic rings. The third kappa shape index (κ3) is 5.66. The first-order valence-corrected chi connectivity index (χ1v) is 11.8. The smallest absolute Gasteiger partial charge is 0.332 e. The summed E-state index contributed by atoms with van der Waals surface area (Å²) in [6.07, 6.45) is 0.272. The molecule has 0 saturated carbocycles. The van der Waals surface area contributed by atoms with Gasteiger partial charge in [0, 0.05) is 18.3 Å². The number of anilines is 2. The van der Waals surface area contributed by atoms with Crippen molar-refractivity contribution in [1.29, 1.82) is 0 Å². The van der Waals surface area contributed by atoms with E-state index in [2.05, 4.69) is 5.32 Å². The van der Waals surface area contributed by atoms with Gasteiger partial charge in [-0.15, -0.1) is 0 Å². The Labute approximate surface area is 215 Å². The lowest BCUT2D eigenvalue weighted by atomic mass is 10.1. The molecule has 4 rings (SSSR count). The zero-order chi connectivity index (χ0) is 26.4. The molecule has 1 atom stereocenters. The first kappa shape index (κ1) is 25.6. The van der Waals surface area contributed by atoms with Crippen molar-refractivity contribution in [3.05, 3.63) is 78.4 Å². The normalized spacial score (nSPS) is 15.1. The van der Waals surface area contributed by atoms with Gasteiger partial charge in [0.25, 0.3) is 5.91 Å². The molecule has 4 amide bonds. The minimum atomic E-state index is -0.956. The van der Waals surface area contributed by atoms with Gasteiger partial charge in [-0.3, -0.25) is 9.59 Å². The van der Waals surface area contributed by atoms with Gasteiger partial charge in [-0.2, -0.15) is 0 Å². The van der Waals surface area contributed by atoms with Gasteiger partial charge < -0.3 is 24.4 Å². The van der Waals surface area contributed by atoms with Crippen molar-refractivity contribution in [1.82, 2.24) is 4.90 Å². The molecular weight excluding hydrogens is 474 g/mol. The zero-order valence-corrected chi connectivity index (χ0v) is 21.0. The largest absolute Gasteiger partial charge is 0.497 e. The molecule has 0 spiro atoms. The molecule has 9 nitrogen and oxygen atoms in total. The molecule has 1 N–H and O–H groups in total. The second-order valence-electron chi connectivity index (χ2n) is 8.42. The molecule has 3 aromatic carbocycles. The molecule has 0 bridgehead atoms. The molecule has 3 aromatic rings. The first-order chi connectivity index (χ1) is 17.9. The van der Waals surface area contributed by atoms with E-state index in [-0.39, 0.29) is 18.9 Å². The van der Waals surface area contributed by atoms with E-state index in [1.54, 1.807) is 68.8 Å². The molecule has 37 heavy (non-hydrogen) atoms. The van der Waals surface area contributed by atoms with Crippen LogP contribution in [0.5, 0.6) is 17.2 Å². The molecular formula is C28H29N3O6. The van der Waals surface area contributed by atoms with Gasteiger partial charge in [-0.25, -0.2) is 9.69 Å². The molecule has 1 aliphatic heterocycles. The fourth-order valence-corrected chi connectivity index (χ4v) is 4.27. The summed E-state index contributed by atoms with van der Waals surface area (Å²) in [7, 11) is 4.63. The summed E-state index contributed by atoms with van der Waals surface area (Å²) in [4.78, 5) is 42.5. The van der Waals surface area contributed by atoms with Crippen molar-refractivity contribution < 1.29 is 28.6 Å². The lowest BCUT2D eigenvalue weighted by Gasteiger charge is -2.22. The number of methoxy groups -OCH3 is 3. The van der Waals surface area contributed by atoms with Crippen LogP contribution in [0.25, 0.3) is 0 Å². The number of hydrogen-bond donors (Lipinski definition) is 1. The van der Waals surface area contributed by atoms with E-state index in [4.69, 9.17) is 14.2 Å². The molecule has 0 aromatic heterocycles. The highest BCUT2D eigenvalue weighted by atomic mass is 16.5. The van der Waals surface area contributed by atoms with Crippen molar-refractivity contribution >= 4 is 29.2 Å². The summed E-state index contributed by atoms with van der Waals surface area (Å²) in [6, 6.07) is 19.7. The monoisotopic (exact) mass is 503 g/mol. The SMILES string of the molecule is COc1cccc(N2C(=O)C(CC(=O)Nc3ccccc3)N(CCc3ccc(OC)c(OC)c3)C2=O)c1. The number of nitrogens with zero attached hydrogens (tertiary/aromatic N) is 2. The summed E-state index contributed by atoms with van der Waals surface area (Å²) in [5, 5.41) is 2.80. The summed E-state index contributed by atoms with van der Waals surface area (Å²) in [5.41, 5.74) is 1.90. The maximum absolute atomic E-state index is 13.5. The van der Waals surface area contributed by atoms with Crippen LogP contribution in [-0.2, 0) is 16.0 Å². The number of rotatable bonds is 10. The van der Waals surface area contributed by atoms with E-state index in [1.807, 2.05) is 18.2 Å². The Balaban J connectivity index is 1.58. The average molecular weight is 504 g/mol. The van der Waals surface area contributed by atoms with Crippen LogP contribution in [0.3, 0.4) is 0 Å². The second kappa shape index (κ2) is 11.5. The maximum atomic E-state index is 13.5. The highest BCUT2D eigenvalue weighted by Crippen LogP contribution is 2.31. The summed E-state index contributed by atoms with van der Waals surface area (Å²) < 4.78 is 15.9. The number of ether oxygens (including phenoxy) is 3. The van der Waals surface area contributed by atoms with Gasteiger partial charge in [0.2, 0.25) is 5.91 Å². The van der Waals surface area contributed by atoms with Gasteiger partial charge in [0.05, 0.1) is 33.4 Å². The number of carbonyl (C=O) groups is 3. The van der Waals surface area contributed by atoms with Gasteiger partial charge in [0.15, 0.2) is 11.5 Å². The third-order valence-electron chi connectivity index (χ3n) is 6.16. The Bertz CT molecular complexity index is 1280. The van der Waals surface area contributed by atoms with Crippen LogP contribution in [0.1, 0.15) is 12.0 Å². The minimum absolute atomic E-state index is 0.175. The van der Waals surface area contributed by atoms with E-state index in [0.717, 1.165) is 10.5 Å². The molecule has 9 heteroatoms. The number of urea groups is 1. The van der Waals surface area contributed by atoms with Crippen molar-refractivity contribution in [2.75, 3.05) is 38.1 Å². The minimum Gasteiger partial charge on any atom is -0.497 e. The van der Waals surface area contributed by atoms with Gasteiger partial charge >= 0.3 is 6.03 Å². The number of nitrogens with one attached hydrogen (secondary N) is 1.